The molecule has 42 heavy (non-hydrogen) atoms. The van der Waals surface area contributed by atoms with Crippen LogP contribution in [0.3, 0.4) is 0 Å². The van der Waals surface area contributed by atoms with Crippen LogP contribution in [0.15, 0.2) is 48.9 Å². The number of hydrogen-bond donors (Lipinski definition) is 3. The van der Waals surface area contributed by atoms with Crippen molar-refractivity contribution in [1.82, 2.24) is 29.6 Å². The Balaban J connectivity index is 1.17. The number of benzene rings is 1. The Hall–Kier alpha value is -4.32. The topological polar surface area (TPSA) is 130 Å². The number of aliphatic carboxylic acids is 1. The molecule has 1 atom stereocenters. The summed E-state index contributed by atoms with van der Waals surface area (Å²) in [4.78, 5) is 27.7. The Labute approximate surface area is 244 Å². The highest BCUT2D eigenvalue weighted by Crippen LogP contribution is 2.21. The molecule has 12 heteroatoms. The molecule has 0 bridgehead atoms. The van der Waals surface area contributed by atoms with E-state index in [4.69, 9.17) is 9.72 Å². The molecule has 0 fully saturated rings. The van der Waals surface area contributed by atoms with Gasteiger partial charge in [0.1, 0.15) is 42.2 Å². The van der Waals surface area contributed by atoms with E-state index in [0.29, 0.717) is 48.7 Å². The third-order valence-electron chi connectivity index (χ3n) is 7.47. The van der Waals surface area contributed by atoms with E-state index in [1.54, 1.807) is 30.1 Å². The molecule has 0 saturated carbocycles. The van der Waals surface area contributed by atoms with Gasteiger partial charge in [-0.05, 0) is 81.0 Å². The van der Waals surface area contributed by atoms with E-state index in [2.05, 4.69) is 42.7 Å². The molecule has 3 aromatic heterocycles. The van der Waals surface area contributed by atoms with Gasteiger partial charge in [0.05, 0.1) is 11.6 Å². The minimum atomic E-state index is -0.958. The van der Waals surface area contributed by atoms with Crippen molar-refractivity contribution < 1.29 is 19.0 Å². The normalized spacial score (nSPS) is 13.5. The molecule has 0 spiro atoms. The summed E-state index contributed by atoms with van der Waals surface area (Å²) < 4.78 is 20.7. The van der Waals surface area contributed by atoms with Gasteiger partial charge in [-0.3, -0.25) is 9.58 Å². The maximum Gasteiger partial charge on any atom is 0.326 e. The molecule has 4 aromatic rings. The minimum absolute atomic E-state index is 0.312. The Kier molecular flexibility index (Phi) is 9.75. The van der Waals surface area contributed by atoms with Crippen LogP contribution in [-0.4, -0.2) is 79.5 Å². The SMILES string of the molecule is Cn1ncc2c(NC(CCN(CCCCc3ccc4c(n3)NCCC4)CCOc3ccc(F)cc3)C(=O)O)ncnc21. The molecule has 3 N–H and O–H groups in total. The van der Waals surface area contributed by atoms with E-state index in [-0.39, 0.29) is 5.82 Å². The number of unbranched alkanes of at least 4 members (excludes halogenated alkanes) is 1. The fourth-order valence-corrected chi connectivity index (χ4v) is 5.12. The van der Waals surface area contributed by atoms with E-state index >= 15 is 0 Å². The second-order valence-electron chi connectivity index (χ2n) is 10.5. The average molecular weight is 577 g/mol. The molecule has 1 unspecified atom stereocenters. The number of nitrogens with zero attached hydrogens (tertiary/aromatic N) is 6. The van der Waals surface area contributed by atoms with Crippen LogP contribution < -0.4 is 15.4 Å². The Morgan fingerprint density at radius 3 is 2.86 bits per heavy atom. The number of carboxylic acid groups (broad SMARTS) is 1. The minimum Gasteiger partial charge on any atom is -0.492 e. The summed E-state index contributed by atoms with van der Waals surface area (Å²) in [5, 5.41) is 21.3. The number of pyridine rings is 1. The van der Waals surface area contributed by atoms with E-state index in [9.17, 15) is 14.3 Å². The van der Waals surface area contributed by atoms with Gasteiger partial charge >= 0.3 is 5.97 Å². The summed E-state index contributed by atoms with van der Waals surface area (Å²) in [5.41, 5.74) is 2.99. The highest BCUT2D eigenvalue weighted by atomic mass is 19.1. The Morgan fingerprint density at radius 1 is 1.17 bits per heavy atom. The number of carboxylic acids is 1. The van der Waals surface area contributed by atoms with E-state index in [0.717, 1.165) is 56.7 Å². The molecule has 11 nitrogen and oxygen atoms in total. The predicted octanol–water partition coefficient (Wildman–Crippen LogP) is 3.91. The molecule has 5 rings (SSSR count). The van der Waals surface area contributed by atoms with Crippen LogP contribution in [0.25, 0.3) is 11.0 Å². The van der Waals surface area contributed by atoms with Crippen LogP contribution in [-0.2, 0) is 24.7 Å². The maximum atomic E-state index is 13.3. The predicted molar refractivity (Wildman–Crippen MR) is 158 cm³/mol. The van der Waals surface area contributed by atoms with Crippen molar-refractivity contribution in [3.8, 4) is 5.75 Å². The van der Waals surface area contributed by atoms with Crippen molar-refractivity contribution in [3.63, 3.8) is 0 Å². The van der Waals surface area contributed by atoms with E-state index in [1.165, 1.54) is 24.0 Å². The largest absolute Gasteiger partial charge is 0.492 e. The number of rotatable bonds is 15. The van der Waals surface area contributed by atoms with Gasteiger partial charge < -0.3 is 20.5 Å². The zero-order valence-corrected chi connectivity index (χ0v) is 23.8. The first-order valence-corrected chi connectivity index (χ1v) is 14.4. The summed E-state index contributed by atoms with van der Waals surface area (Å²) in [6, 6.07) is 9.39. The molecule has 4 heterocycles. The number of nitrogens with one attached hydrogen (secondary N) is 2. The number of aryl methyl sites for hydroxylation is 3. The summed E-state index contributed by atoms with van der Waals surface area (Å²) in [6.45, 7) is 3.29. The number of fused-ring (bicyclic) bond motifs is 2. The molecule has 1 aliphatic heterocycles. The fraction of sp³-hybridized carbons (Fsp3) is 0.433. The second-order valence-corrected chi connectivity index (χ2v) is 10.5. The van der Waals surface area contributed by atoms with Gasteiger partial charge in [-0.25, -0.2) is 24.1 Å². The van der Waals surface area contributed by atoms with Crippen molar-refractivity contribution in [2.24, 2.45) is 7.05 Å². The maximum absolute atomic E-state index is 13.3. The lowest BCUT2D eigenvalue weighted by Crippen LogP contribution is -2.37. The Morgan fingerprint density at radius 2 is 2.02 bits per heavy atom. The van der Waals surface area contributed by atoms with Crippen LogP contribution in [0.5, 0.6) is 5.75 Å². The highest BCUT2D eigenvalue weighted by Gasteiger charge is 2.21. The number of halogens is 1. The third-order valence-corrected chi connectivity index (χ3v) is 7.47. The zero-order chi connectivity index (χ0) is 29.3. The van der Waals surface area contributed by atoms with Crippen LogP contribution in [0.2, 0.25) is 0 Å². The van der Waals surface area contributed by atoms with Gasteiger partial charge in [0, 0.05) is 32.4 Å². The summed E-state index contributed by atoms with van der Waals surface area (Å²) in [5.74, 6) is 0.780. The standard InChI is InChI=1S/C30H37FN8O3/c1-38-29-25(19-35-38)28(33-20-34-29)37-26(30(40)41)13-16-39(17-18-42-24-11-8-22(31)9-12-24)15-3-2-6-23-10-7-21-5-4-14-32-27(21)36-23/h7-12,19-20,26H,2-6,13-18H2,1H3,(H,32,36)(H,40,41)(H,33,34,37). The fourth-order valence-electron chi connectivity index (χ4n) is 5.12. The lowest BCUT2D eigenvalue weighted by atomic mass is 10.1. The zero-order valence-electron chi connectivity index (χ0n) is 23.8. The van der Waals surface area contributed by atoms with Gasteiger partial charge in [0.2, 0.25) is 0 Å². The summed E-state index contributed by atoms with van der Waals surface area (Å²) in [6.07, 6.45) is 8.36. The van der Waals surface area contributed by atoms with Crippen molar-refractivity contribution in [2.75, 3.05) is 43.4 Å². The van der Waals surface area contributed by atoms with Crippen LogP contribution in [0.1, 0.15) is 36.9 Å². The molecule has 1 aliphatic rings. The molecule has 0 radical (unpaired) electrons. The lowest BCUT2D eigenvalue weighted by Gasteiger charge is -2.25. The van der Waals surface area contributed by atoms with Gasteiger partial charge in [0.25, 0.3) is 0 Å². The van der Waals surface area contributed by atoms with Crippen LogP contribution in [0, 0.1) is 5.82 Å². The van der Waals surface area contributed by atoms with Gasteiger partial charge in [-0.2, -0.15) is 5.10 Å². The summed E-state index contributed by atoms with van der Waals surface area (Å²) >= 11 is 0. The van der Waals surface area contributed by atoms with Crippen molar-refractivity contribution in [2.45, 2.75) is 44.6 Å². The number of hydrogen-bond acceptors (Lipinski definition) is 9. The van der Waals surface area contributed by atoms with Gasteiger partial charge in [-0.1, -0.05) is 6.07 Å². The lowest BCUT2D eigenvalue weighted by molar-refractivity contribution is -0.138. The highest BCUT2D eigenvalue weighted by molar-refractivity contribution is 5.88. The van der Waals surface area contributed by atoms with E-state index < -0.39 is 12.0 Å². The first-order valence-electron chi connectivity index (χ1n) is 14.4. The summed E-state index contributed by atoms with van der Waals surface area (Å²) in [7, 11) is 1.78. The molecule has 222 valence electrons. The average Bonchev–Trinajstić information content (AvgIpc) is 3.39. The number of carbonyl (C=O) groups is 1. The Bertz CT molecular complexity index is 1480. The molecular formula is C30H37FN8O3. The molecule has 0 amide bonds. The number of aromatic nitrogens is 5. The van der Waals surface area contributed by atoms with Gasteiger partial charge in [-0.15, -0.1) is 0 Å². The van der Waals surface area contributed by atoms with Crippen LogP contribution in [0.4, 0.5) is 16.0 Å². The second kappa shape index (κ2) is 14.0. The van der Waals surface area contributed by atoms with Crippen molar-refractivity contribution in [3.05, 3.63) is 66.0 Å². The molecule has 0 aliphatic carbocycles. The number of anilines is 2. The van der Waals surface area contributed by atoms with Crippen molar-refractivity contribution >= 4 is 28.6 Å². The molecular weight excluding hydrogens is 539 g/mol. The molecule has 1 aromatic carbocycles. The monoisotopic (exact) mass is 576 g/mol. The number of ether oxygens (including phenoxy) is 1. The third kappa shape index (κ3) is 7.69. The van der Waals surface area contributed by atoms with Crippen LogP contribution >= 0.6 is 0 Å². The van der Waals surface area contributed by atoms with E-state index in [1.807, 2.05) is 0 Å². The first kappa shape index (κ1) is 29.2. The first-order chi connectivity index (χ1) is 20.5. The molecule has 0 saturated heterocycles. The van der Waals surface area contributed by atoms with Crippen molar-refractivity contribution in [1.29, 1.82) is 0 Å². The quantitative estimate of drug-likeness (QED) is 0.179. The van der Waals surface area contributed by atoms with Gasteiger partial charge in [0.15, 0.2) is 5.65 Å². The smallest absolute Gasteiger partial charge is 0.326 e.